The molecule has 0 amide bonds. The number of phenolic OH excluding ortho intramolecular Hbond substituents is 1. The predicted octanol–water partition coefficient (Wildman–Crippen LogP) is 3.92. The number of hydrogen-bond acceptors (Lipinski definition) is 6. The van der Waals surface area contributed by atoms with E-state index in [-0.39, 0.29) is 22.8 Å². The second-order valence-electron chi connectivity index (χ2n) is 5.39. The lowest BCUT2D eigenvalue weighted by atomic mass is 10.0. The Balaban J connectivity index is 2.09. The van der Waals surface area contributed by atoms with E-state index in [0.717, 1.165) is 0 Å². The summed E-state index contributed by atoms with van der Waals surface area (Å²) in [7, 11) is 2.78. The summed E-state index contributed by atoms with van der Waals surface area (Å²) < 4.78 is 15.8. The first-order chi connectivity index (χ1) is 12.6. The number of ketones is 1. The van der Waals surface area contributed by atoms with Crippen molar-refractivity contribution >= 4 is 22.8 Å². The summed E-state index contributed by atoms with van der Waals surface area (Å²) in [5.74, 6) is -0.558. The topological polar surface area (TPSA) is 92.7 Å². The van der Waals surface area contributed by atoms with Crippen molar-refractivity contribution in [2.75, 3.05) is 14.2 Å². The first-order valence-corrected chi connectivity index (χ1v) is 7.67. The number of methoxy groups -OCH3 is 2. The van der Waals surface area contributed by atoms with Crippen LogP contribution in [0.4, 0.5) is 0 Å². The number of hydrogen-bond donors (Lipinski definition) is 1. The second kappa shape index (κ2) is 7.03. The molecular weight excluding hydrogens is 334 g/mol. The Hall–Kier alpha value is -3.72. The van der Waals surface area contributed by atoms with Crippen LogP contribution < -0.4 is 9.47 Å². The van der Waals surface area contributed by atoms with Gasteiger partial charge in [-0.05, 0) is 29.8 Å². The maximum atomic E-state index is 12.7. The van der Waals surface area contributed by atoms with E-state index in [9.17, 15) is 9.90 Å². The van der Waals surface area contributed by atoms with Crippen molar-refractivity contribution < 1.29 is 23.8 Å². The van der Waals surface area contributed by atoms with E-state index < -0.39 is 5.78 Å². The van der Waals surface area contributed by atoms with Gasteiger partial charge in [0.15, 0.2) is 17.1 Å². The number of phenols is 1. The van der Waals surface area contributed by atoms with Crippen LogP contribution in [0, 0.1) is 11.3 Å². The molecule has 2 aromatic carbocycles. The summed E-state index contributed by atoms with van der Waals surface area (Å²) in [6.07, 6.45) is 4.29. The van der Waals surface area contributed by atoms with E-state index in [2.05, 4.69) is 0 Å². The third kappa shape index (κ3) is 2.87. The molecule has 0 fully saturated rings. The Morgan fingerprint density at radius 3 is 2.69 bits per heavy atom. The molecule has 1 heterocycles. The average Bonchev–Trinajstić information content (AvgIpc) is 3.14. The van der Waals surface area contributed by atoms with Crippen molar-refractivity contribution in [1.29, 1.82) is 5.26 Å². The number of carbonyl (C=O) groups excluding carboxylic acids is 1. The van der Waals surface area contributed by atoms with Crippen molar-refractivity contribution in [2.45, 2.75) is 0 Å². The molecule has 0 radical (unpaired) electrons. The van der Waals surface area contributed by atoms with Crippen LogP contribution in [0.2, 0.25) is 0 Å². The van der Waals surface area contributed by atoms with Crippen LogP contribution in [-0.2, 0) is 0 Å². The summed E-state index contributed by atoms with van der Waals surface area (Å²) >= 11 is 0. The Labute approximate surface area is 149 Å². The van der Waals surface area contributed by atoms with E-state index >= 15 is 0 Å². The van der Waals surface area contributed by atoms with E-state index in [4.69, 9.17) is 19.2 Å². The van der Waals surface area contributed by atoms with E-state index in [1.165, 1.54) is 26.6 Å². The number of ether oxygens (including phenoxy) is 2. The minimum absolute atomic E-state index is 0.0223. The summed E-state index contributed by atoms with van der Waals surface area (Å²) in [6, 6.07) is 10.5. The summed E-state index contributed by atoms with van der Waals surface area (Å²) in [4.78, 5) is 12.7. The first-order valence-electron chi connectivity index (χ1n) is 7.67. The van der Waals surface area contributed by atoms with Crippen molar-refractivity contribution in [2.24, 2.45) is 0 Å². The van der Waals surface area contributed by atoms with Crippen LogP contribution in [0.3, 0.4) is 0 Å². The second-order valence-corrected chi connectivity index (χ2v) is 5.39. The molecule has 0 aliphatic carbocycles. The molecule has 0 bridgehead atoms. The number of benzene rings is 2. The van der Waals surface area contributed by atoms with Gasteiger partial charge in [0.1, 0.15) is 11.3 Å². The van der Waals surface area contributed by atoms with Crippen molar-refractivity contribution in [3.8, 4) is 23.3 Å². The highest BCUT2D eigenvalue weighted by Gasteiger charge is 2.26. The van der Waals surface area contributed by atoms with Crippen molar-refractivity contribution in [3.63, 3.8) is 0 Å². The van der Waals surface area contributed by atoms with Gasteiger partial charge in [-0.2, -0.15) is 5.26 Å². The Morgan fingerprint density at radius 1 is 1.23 bits per heavy atom. The zero-order chi connectivity index (χ0) is 18.7. The third-order valence-electron chi connectivity index (χ3n) is 3.89. The smallest absolute Gasteiger partial charge is 0.205 e. The molecule has 0 saturated heterocycles. The minimum Gasteiger partial charge on any atom is -0.504 e. The van der Waals surface area contributed by atoms with Crippen LogP contribution in [0.25, 0.3) is 17.0 Å². The SMILES string of the molecule is COc1c(C(=O)C=Cc2cccc(C#N)c2)c(O)c(OC)c2occc12. The number of aromatic hydroxyl groups is 1. The molecule has 1 aromatic heterocycles. The van der Waals surface area contributed by atoms with Crippen molar-refractivity contribution in [1.82, 2.24) is 0 Å². The van der Waals surface area contributed by atoms with E-state index in [1.807, 2.05) is 6.07 Å². The highest BCUT2D eigenvalue weighted by atomic mass is 16.5. The van der Waals surface area contributed by atoms with Gasteiger partial charge in [0.2, 0.25) is 5.75 Å². The number of carbonyl (C=O) groups is 1. The van der Waals surface area contributed by atoms with Gasteiger partial charge in [0.25, 0.3) is 0 Å². The molecule has 1 N–H and O–H groups in total. The Kier molecular flexibility index (Phi) is 4.63. The molecular formula is C20H15NO5. The summed E-state index contributed by atoms with van der Waals surface area (Å²) in [5.41, 5.74) is 1.45. The standard InChI is InChI=1S/C20H15NO5/c1-24-18-14-8-9-26-19(14)20(25-2)17(23)16(18)15(22)7-6-12-4-3-5-13(10-12)11-21/h3-10,23H,1-2H3. The van der Waals surface area contributed by atoms with Crippen LogP contribution >= 0.6 is 0 Å². The molecule has 26 heavy (non-hydrogen) atoms. The van der Waals surface area contributed by atoms with Crippen LogP contribution in [-0.4, -0.2) is 25.1 Å². The lowest BCUT2D eigenvalue weighted by Gasteiger charge is -2.13. The summed E-state index contributed by atoms with van der Waals surface area (Å²) in [5, 5.41) is 20.0. The molecule has 3 aromatic rings. The molecule has 6 heteroatoms. The minimum atomic E-state index is -0.469. The quantitative estimate of drug-likeness (QED) is 0.554. The van der Waals surface area contributed by atoms with Crippen LogP contribution in [0.15, 0.2) is 47.1 Å². The number of fused-ring (bicyclic) bond motifs is 1. The molecule has 0 spiro atoms. The zero-order valence-corrected chi connectivity index (χ0v) is 14.1. The fraction of sp³-hybridized carbons (Fsp3) is 0.100. The van der Waals surface area contributed by atoms with Gasteiger partial charge in [0, 0.05) is 0 Å². The maximum Gasteiger partial charge on any atom is 0.205 e. The molecule has 0 aliphatic rings. The Bertz CT molecular complexity index is 1060. The molecule has 6 nitrogen and oxygen atoms in total. The lowest BCUT2D eigenvalue weighted by Crippen LogP contribution is -2.02. The maximum absolute atomic E-state index is 12.7. The number of nitriles is 1. The molecule has 3 rings (SSSR count). The lowest BCUT2D eigenvalue weighted by molar-refractivity contribution is 0.104. The predicted molar refractivity (Wildman–Crippen MR) is 95.5 cm³/mol. The largest absolute Gasteiger partial charge is 0.504 e. The number of rotatable bonds is 5. The molecule has 0 atom stereocenters. The van der Waals surface area contributed by atoms with Gasteiger partial charge in [-0.3, -0.25) is 4.79 Å². The van der Waals surface area contributed by atoms with Gasteiger partial charge in [0.05, 0.1) is 37.5 Å². The Morgan fingerprint density at radius 2 is 2.00 bits per heavy atom. The number of nitrogens with zero attached hydrogens (tertiary/aromatic N) is 1. The number of furan rings is 1. The molecule has 0 aliphatic heterocycles. The summed E-state index contributed by atoms with van der Waals surface area (Å²) in [6.45, 7) is 0. The van der Waals surface area contributed by atoms with Crippen LogP contribution in [0.1, 0.15) is 21.5 Å². The highest BCUT2D eigenvalue weighted by molar-refractivity contribution is 6.15. The third-order valence-corrected chi connectivity index (χ3v) is 3.89. The van der Waals surface area contributed by atoms with E-state index in [1.54, 1.807) is 36.4 Å². The fourth-order valence-corrected chi connectivity index (χ4v) is 2.72. The zero-order valence-electron chi connectivity index (χ0n) is 14.1. The number of allylic oxidation sites excluding steroid dienone is 1. The monoisotopic (exact) mass is 349 g/mol. The average molecular weight is 349 g/mol. The molecule has 0 unspecified atom stereocenters. The molecule has 0 saturated carbocycles. The van der Waals surface area contributed by atoms with E-state index in [0.29, 0.717) is 22.1 Å². The van der Waals surface area contributed by atoms with Gasteiger partial charge in [-0.1, -0.05) is 18.2 Å². The first kappa shape index (κ1) is 17.1. The van der Waals surface area contributed by atoms with Gasteiger partial charge < -0.3 is 19.0 Å². The van der Waals surface area contributed by atoms with Gasteiger partial charge in [-0.15, -0.1) is 0 Å². The van der Waals surface area contributed by atoms with Crippen molar-refractivity contribution in [3.05, 3.63) is 59.4 Å². The highest BCUT2D eigenvalue weighted by Crippen LogP contribution is 2.45. The van der Waals surface area contributed by atoms with Crippen LogP contribution in [0.5, 0.6) is 17.2 Å². The fourth-order valence-electron chi connectivity index (χ4n) is 2.72. The molecule has 130 valence electrons. The van der Waals surface area contributed by atoms with Gasteiger partial charge in [-0.25, -0.2) is 0 Å². The van der Waals surface area contributed by atoms with Gasteiger partial charge >= 0.3 is 0 Å². The normalized spacial score (nSPS) is 10.8.